The molecule has 7 heteroatoms. The maximum Gasteiger partial charge on any atom is 0.253 e. The van der Waals surface area contributed by atoms with Crippen molar-refractivity contribution in [2.45, 2.75) is 33.9 Å². The van der Waals surface area contributed by atoms with E-state index in [0.717, 1.165) is 39.0 Å². The van der Waals surface area contributed by atoms with Crippen molar-refractivity contribution in [2.24, 2.45) is 0 Å². The molecule has 0 amide bonds. The summed E-state index contributed by atoms with van der Waals surface area (Å²) < 4.78 is 5.52. The van der Waals surface area contributed by atoms with Gasteiger partial charge in [-0.1, -0.05) is 12.1 Å². The van der Waals surface area contributed by atoms with E-state index in [4.69, 9.17) is 17.0 Å². The molecule has 6 nitrogen and oxygen atoms in total. The van der Waals surface area contributed by atoms with Crippen molar-refractivity contribution < 1.29 is 4.74 Å². The van der Waals surface area contributed by atoms with Gasteiger partial charge < -0.3 is 19.9 Å². The first kappa shape index (κ1) is 23.4. The lowest BCUT2D eigenvalue weighted by Gasteiger charge is -2.26. The summed E-state index contributed by atoms with van der Waals surface area (Å²) in [7, 11) is 0. The molecule has 0 bridgehead atoms. The van der Waals surface area contributed by atoms with E-state index in [2.05, 4.69) is 28.3 Å². The van der Waals surface area contributed by atoms with E-state index in [1.807, 2.05) is 73.5 Å². The molecule has 0 aliphatic carbocycles. The number of thiocarbonyl (C=S) groups is 1. The maximum absolute atomic E-state index is 13.0. The fourth-order valence-corrected chi connectivity index (χ4v) is 4.20. The van der Waals surface area contributed by atoms with Crippen LogP contribution in [0.1, 0.15) is 29.2 Å². The number of nitrogens with one attached hydrogen (secondary N) is 2. The number of aromatic amines is 1. The summed E-state index contributed by atoms with van der Waals surface area (Å²) in [5, 5.41) is 4.85. The molecule has 0 aliphatic heterocycles. The van der Waals surface area contributed by atoms with Crippen LogP contribution in [-0.4, -0.2) is 26.6 Å². The molecule has 34 heavy (non-hydrogen) atoms. The van der Waals surface area contributed by atoms with E-state index in [1.165, 1.54) is 0 Å². The van der Waals surface area contributed by atoms with Gasteiger partial charge in [-0.2, -0.15) is 0 Å². The summed E-state index contributed by atoms with van der Waals surface area (Å²) in [6, 6.07) is 17.6. The fourth-order valence-electron chi connectivity index (χ4n) is 3.95. The summed E-state index contributed by atoms with van der Waals surface area (Å²) in [4.78, 5) is 22.2. The number of hydrogen-bond acceptors (Lipinski definition) is 4. The lowest BCUT2D eigenvalue weighted by atomic mass is 10.0. The Balaban J connectivity index is 1.62. The molecule has 0 saturated heterocycles. The molecule has 0 radical (unpaired) electrons. The van der Waals surface area contributed by atoms with Gasteiger partial charge in [0.2, 0.25) is 0 Å². The number of hydrogen-bond donors (Lipinski definition) is 2. The molecule has 0 spiro atoms. The number of nitrogens with zero attached hydrogens (tertiary/aromatic N) is 2. The molecule has 0 fully saturated rings. The fraction of sp³-hybridized carbons (Fsp3) is 0.222. The Morgan fingerprint density at radius 3 is 2.62 bits per heavy atom. The van der Waals surface area contributed by atoms with Crippen molar-refractivity contribution in [1.82, 2.24) is 14.9 Å². The number of anilines is 1. The molecule has 2 aromatic heterocycles. The SMILES string of the molecule is CCOc1ccc(NC(=S)N(Cc2cccnc2)Cc2cc3c(C)cc(C)cc3[nH]c2=O)cc1. The Labute approximate surface area is 204 Å². The monoisotopic (exact) mass is 472 g/mol. The molecule has 4 rings (SSSR count). The van der Waals surface area contributed by atoms with Gasteiger partial charge in [-0.15, -0.1) is 0 Å². The summed E-state index contributed by atoms with van der Waals surface area (Å²) >= 11 is 5.77. The highest BCUT2D eigenvalue weighted by Gasteiger charge is 2.15. The second-order valence-electron chi connectivity index (χ2n) is 8.27. The van der Waals surface area contributed by atoms with Crippen LogP contribution >= 0.6 is 12.2 Å². The number of aryl methyl sites for hydroxylation is 2. The van der Waals surface area contributed by atoms with Crippen LogP contribution in [0.4, 0.5) is 5.69 Å². The third-order valence-electron chi connectivity index (χ3n) is 5.55. The standard InChI is InChI=1S/C27H28N4O2S/c1-4-33-23-9-7-22(8-10-23)29-27(34)31(16-20-6-5-11-28-15-20)17-21-14-24-19(3)12-18(2)13-25(24)30-26(21)32/h5-15H,4,16-17H2,1-3H3,(H,29,34)(H,30,32). The first-order valence-corrected chi connectivity index (χ1v) is 11.6. The molecule has 2 N–H and O–H groups in total. The number of aromatic nitrogens is 2. The average molecular weight is 473 g/mol. The van der Waals surface area contributed by atoms with Crippen molar-refractivity contribution in [3.63, 3.8) is 0 Å². The molecular formula is C27H28N4O2S. The number of fused-ring (bicyclic) bond motifs is 1. The predicted octanol–water partition coefficient (Wildman–Crippen LogP) is 5.34. The quantitative estimate of drug-likeness (QED) is 0.354. The average Bonchev–Trinajstić information content (AvgIpc) is 2.81. The van der Waals surface area contributed by atoms with Gasteiger partial charge in [0.25, 0.3) is 5.56 Å². The topological polar surface area (TPSA) is 70.2 Å². The molecule has 4 aromatic rings. The number of rotatable bonds is 7. The van der Waals surface area contributed by atoms with Gasteiger partial charge in [0, 0.05) is 41.1 Å². The number of H-pyrrole nitrogens is 1. The van der Waals surface area contributed by atoms with E-state index in [0.29, 0.717) is 30.4 Å². The van der Waals surface area contributed by atoms with Crippen LogP contribution in [0.2, 0.25) is 0 Å². The van der Waals surface area contributed by atoms with Crippen LogP contribution in [0.15, 0.2) is 71.8 Å². The van der Waals surface area contributed by atoms with Crippen LogP contribution in [0, 0.1) is 13.8 Å². The van der Waals surface area contributed by atoms with E-state index >= 15 is 0 Å². The van der Waals surface area contributed by atoms with E-state index in [9.17, 15) is 4.79 Å². The van der Waals surface area contributed by atoms with Crippen molar-refractivity contribution in [1.29, 1.82) is 0 Å². The third kappa shape index (κ3) is 5.61. The van der Waals surface area contributed by atoms with Crippen molar-refractivity contribution >= 4 is 33.9 Å². The van der Waals surface area contributed by atoms with E-state index < -0.39 is 0 Å². The Bertz CT molecular complexity index is 1350. The number of benzene rings is 2. The Morgan fingerprint density at radius 1 is 1.12 bits per heavy atom. The van der Waals surface area contributed by atoms with Crippen molar-refractivity contribution in [3.05, 3.63) is 99.6 Å². The van der Waals surface area contributed by atoms with Crippen LogP contribution in [-0.2, 0) is 13.1 Å². The van der Waals surface area contributed by atoms with E-state index in [-0.39, 0.29) is 5.56 Å². The number of pyridine rings is 2. The van der Waals surface area contributed by atoms with Gasteiger partial charge in [-0.25, -0.2) is 0 Å². The van der Waals surface area contributed by atoms with Gasteiger partial charge >= 0.3 is 0 Å². The van der Waals surface area contributed by atoms with Crippen LogP contribution in [0.5, 0.6) is 5.75 Å². The van der Waals surface area contributed by atoms with Gasteiger partial charge in [0.1, 0.15) is 5.75 Å². The first-order valence-electron chi connectivity index (χ1n) is 11.2. The molecule has 0 unspecified atom stereocenters. The lowest BCUT2D eigenvalue weighted by Crippen LogP contribution is -2.35. The van der Waals surface area contributed by atoms with E-state index in [1.54, 1.807) is 6.20 Å². The highest BCUT2D eigenvalue weighted by Crippen LogP contribution is 2.21. The second-order valence-corrected chi connectivity index (χ2v) is 8.66. The summed E-state index contributed by atoms with van der Waals surface area (Å²) in [5.74, 6) is 0.805. The molecule has 174 valence electrons. The smallest absolute Gasteiger partial charge is 0.253 e. The zero-order valence-corrected chi connectivity index (χ0v) is 20.4. The normalized spacial score (nSPS) is 10.8. The zero-order valence-electron chi connectivity index (χ0n) is 19.6. The maximum atomic E-state index is 13.0. The van der Waals surface area contributed by atoms with Crippen LogP contribution in [0.3, 0.4) is 0 Å². The Morgan fingerprint density at radius 2 is 1.91 bits per heavy atom. The van der Waals surface area contributed by atoms with Gasteiger partial charge in [-0.3, -0.25) is 9.78 Å². The predicted molar refractivity (Wildman–Crippen MR) is 141 cm³/mol. The van der Waals surface area contributed by atoms with Crippen molar-refractivity contribution in [2.75, 3.05) is 11.9 Å². The summed E-state index contributed by atoms with van der Waals surface area (Å²) in [5.41, 5.74) is 5.48. The molecule has 0 saturated carbocycles. The lowest BCUT2D eigenvalue weighted by molar-refractivity contribution is 0.340. The van der Waals surface area contributed by atoms with Crippen molar-refractivity contribution in [3.8, 4) is 5.75 Å². The Kier molecular flexibility index (Phi) is 7.23. The largest absolute Gasteiger partial charge is 0.494 e. The second kappa shape index (κ2) is 10.5. The first-order chi connectivity index (χ1) is 16.4. The highest BCUT2D eigenvalue weighted by atomic mass is 32.1. The molecule has 2 aromatic carbocycles. The Hall–Kier alpha value is -3.71. The van der Waals surface area contributed by atoms with Gasteiger partial charge in [0.05, 0.1) is 13.2 Å². The van der Waals surface area contributed by atoms with Crippen LogP contribution in [0.25, 0.3) is 10.9 Å². The minimum Gasteiger partial charge on any atom is -0.494 e. The van der Waals surface area contributed by atoms with Crippen LogP contribution < -0.4 is 15.6 Å². The molecule has 0 aliphatic rings. The zero-order chi connectivity index (χ0) is 24.1. The highest BCUT2D eigenvalue weighted by molar-refractivity contribution is 7.80. The molecule has 0 atom stereocenters. The van der Waals surface area contributed by atoms with Gasteiger partial charge in [0.15, 0.2) is 5.11 Å². The molecule has 2 heterocycles. The minimum atomic E-state index is -0.113. The third-order valence-corrected chi connectivity index (χ3v) is 5.91. The molecular weight excluding hydrogens is 444 g/mol. The summed E-state index contributed by atoms with van der Waals surface area (Å²) in [6.45, 7) is 7.53. The van der Waals surface area contributed by atoms with Gasteiger partial charge in [-0.05, 0) is 92.1 Å². The minimum absolute atomic E-state index is 0.113. The number of ether oxygens (including phenoxy) is 1. The summed E-state index contributed by atoms with van der Waals surface area (Å²) in [6.07, 6.45) is 3.55.